The van der Waals surface area contributed by atoms with Gasteiger partial charge in [-0.25, -0.2) is 4.98 Å². The molecule has 0 bridgehead atoms. The minimum Gasteiger partial charge on any atom is -0.397 e. The Morgan fingerprint density at radius 2 is 2.28 bits per heavy atom. The highest BCUT2D eigenvalue weighted by atomic mass is 32.2. The van der Waals surface area contributed by atoms with Crippen molar-refractivity contribution in [1.82, 2.24) is 15.1 Å². The molecule has 1 unspecified atom stereocenters. The van der Waals surface area contributed by atoms with Gasteiger partial charge >= 0.3 is 0 Å². The summed E-state index contributed by atoms with van der Waals surface area (Å²) >= 11 is 1.90. The van der Waals surface area contributed by atoms with Gasteiger partial charge in [-0.05, 0) is 30.7 Å². The standard InChI is InChI=1S/C12H14N4OS/c13-8-4-5-9(14-7-8)12-15-11(16-17-12)10-3-1-2-6-18-10/h4-5,7,10H,1-3,6,13H2. The van der Waals surface area contributed by atoms with Gasteiger partial charge in [0.2, 0.25) is 0 Å². The van der Waals surface area contributed by atoms with Crippen molar-refractivity contribution in [3.05, 3.63) is 24.2 Å². The molecule has 2 aromatic rings. The zero-order valence-electron chi connectivity index (χ0n) is 9.87. The fourth-order valence-corrected chi connectivity index (χ4v) is 3.18. The van der Waals surface area contributed by atoms with Gasteiger partial charge in [0.15, 0.2) is 5.82 Å². The lowest BCUT2D eigenvalue weighted by molar-refractivity contribution is 0.419. The number of pyridine rings is 1. The number of hydrogen-bond donors (Lipinski definition) is 1. The molecular weight excluding hydrogens is 248 g/mol. The molecule has 1 aliphatic heterocycles. The molecule has 94 valence electrons. The zero-order valence-corrected chi connectivity index (χ0v) is 10.7. The fraction of sp³-hybridized carbons (Fsp3) is 0.417. The molecule has 6 heteroatoms. The summed E-state index contributed by atoms with van der Waals surface area (Å²) in [4.78, 5) is 8.61. The van der Waals surface area contributed by atoms with Crippen LogP contribution in [-0.2, 0) is 0 Å². The summed E-state index contributed by atoms with van der Waals surface area (Å²) in [6.07, 6.45) is 5.24. The van der Waals surface area contributed by atoms with Gasteiger partial charge < -0.3 is 10.3 Å². The van der Waals surface area contributed by atoms with E-state index in [0.29, 0.717) is 22.5 Å². The third-order valence-electron chi connectivity index (χ3n) is 2.91. The van der Waals surface area contributed by atoms with Gasteiger partial charge in [-0.2, -0.15) is 16.7 Å². The molecule has 2 N–H and O–H groups in total. The van der Waals surface area contributed by atoms with Gasteiger partial charge in [-0.1, -0.05) is 11.6 Å². The number of nitrogens with two attached hydrogens (primary N) is 1. The van der Waals surface area contributed by atoms with Crippen molar-refractivity contribution in [2.24, 2.45) is 0 Å². The van der Waals surface area contributed by atoms with E-state index >= 15 is 0 Å². The minimum atomic E-state index is 0.366. The molecule has 3 rings (SSSR count). The highest BCUT2D eigenvalue weighted by Crippen LogP contribution is 2.37. The lowest BCUT2D eigenvalue weighted by Gasteiger charge is -2.17. The van der Waals surface area contributed by atoms with E-state index in [1.165, 1.54) is 18.6 Å². The molecule has 1 aliphatic rings. The van der Waals surface area contributed by atoms with Gasteiger partial charge in [-0.15, -0.1) is 0 Å². The van der Waals surface area contributed by atoms with Crippen LogP contribution >= 0.6 is 11.8 Å². The summed E-state index contributed by atoms with van der Waals surface area (Å²) in [7, 11) is 0. The highest BCUT2D eigenvalue weighted by Gasteiger charge is 2.22. The van der Waals surface area contributed by atoms with E-state index in [1.807, 2.05) is 11.8 Å². The van der Waals surface area contributed by atoms with Crippen LogP contribution in [-0.4, -0.2) is 20.9 Å². The van der Waals surface area contributed by atoms with Gasteiger partial charge in [0.05, 0.1) is 17.1 Å². The maximum Gasteiger partial charge on any atom is 0.276 e. The molecule has 1 saturated heterocycles. The van der Waals surface area contributed by atoms with Crippen molar-refractivity contribution in [3.63, 3.8) is 0 Å². The third-order valence-corrected chi connectivity index (χ3v) is 4.29. The SMILES string of the molecule is Nc1ccc(-c2nc(C3CCCCS3)no2)nc1. The summed E-state index contributed by atoms with van der Waals surface area (Å²) < 4.78 is 5.27. The van der Waals surface area contributed by atoms with E-state index in [4.69, 9.17) is 10.3 Å². The summed E-state index contributed by atoms with van der Waals surface area (Å²) in [6.45, 7) is 0. The Kier molecular flexibility index (Phi) is 3.19. The number of anilines is 1. The number of nitrogen functional groups attached to an aromatic ring is 1. The highest BCUT2D eigenvalue weighted by molar-refractivity contribution is 7.99. The Bertz CT molecular complexity index is 519. The number of nitrogens with zero attached hydrogens (tertiary/aromatic N) is 3. The first-order chi connectivity index (χ1) is 8.83. The van der Waals surface area contributed by atoms with E-state index in [9.17, 15) is 0 Å². The minimum absolute atomic E-state index is 0.366. The van der Waals surface area contributed by atoms with Crippen molar-refractivity contribution >= 4 is 17.4 Å². The van der Waals surface area contributed by atoms with Crippen molar-refractivity contribution in [1.29, 1.82) is 0 Å². The molecule has 18 heavy (non-hydrogen) atoms. The molecule has 0 aliphatic carbocycles. The molecule has 1 atom stereocenters. The summed E-state index contributed by atoms with van der Waals surface area (Å²) in [5.41, 5.74) is 6.89. The first kappa shape index (κ1) is 11.5. The lowest BCUT2D eigenvalue weighted by atomic mass is 10.2. The van der Waals surface area contributed by atoms with Crippen molar-refractivity contribution < 1.29 is 4.52 Å². The monoisotopic (exact) mass is 262 g/mol. The average Bonchev–Trinajstić information content (AvgIpc) is 2.90. The van der Waals surface area contributed by atoms with Gasteiger partial charge in [0, 0.05) is 0 Å². The van der Waals surface area contributed by atoms with Crippen LogP contribution in [0.3, 0.4) is 0 Å². The second-order valence-corrected chi connectivity index (χ2v) is 5.60. The largest absolute Gasteiger partial charge is 0.397 e. The van der Waals surface area contributed by atoms with E-state index in [-0.39, 0.29) is 0 Å². The second kappa shape index (κ2) is 4.97. The number of thioether (sulfide) groups is 1. The Hall–Kier alpha value is -1.56. The van der Waals surface area contributed by atoms with Gasteiger partial charge in [0.25, 0.3) is 5.89 Å². The van der Waals surface area contributed by atoms with Crippen molar-refractivity contribution in [2.45, 2.75) is 24.5 Å². The molecule has 2 aromatic heterocycles. The predicted molar refractivity (Wildman–Crippen MR) is 71.0 cm³/mol. The Morgan fingerprint density at radius 3 is 3.00 bits per heavy atom. The molecule has 0 aromatic carbocycles. The summed E-state index contributed by atoms with van der Waals surface area (Å²) in [6, 6.07) is 3.57. The summed E-state index contributed by atoms with van der Waals surface area (Å²) in [5.74, 6) is 2.43. The molecular formula is C12H14N4OS. The molecule has 0 radical (unpaired) electrons. The topological polar surface area (TPSA) is 77.8 Å². The first-order valence-corrected chi connectivity index (χ1v) is 7.05. The van der Waals surface area contributed by atoms with Gasteiger partial charge in [-0.3, -0.25) is 0 Å². The predicted octanol–water partition coefficient (Wildman–Crippen LogP) is 2.67. The summed E-state index contributed by atoms with van der Waals surface area (Å²) in [5, 5.41) is 4.43. The molecule has 0 spiro atoms. The third kappa shape index (κ3) is 2.33. The van der Waals surface area contributed by atoms with Crippen LogP contribution in [0.1, 0.15) is 30.3 Å². The van der Waals surface area contributed by atoms with E-state index < -0.39 is 0 Å². The maximum atomic E-state index is 5.59. The normalized spacial score (nSPS) is 19.9. The van der Waals surface area contributed by atoms with Crippen molar-refractivity contribution in [2.75, 3.05) is 11.5 Å². The molecule has 0 amide bonds. The van der Waals surface area contributed by atoms with E-state index in [1.54, 1.807) is 18.3 Å². The van der Waals surface area contributed by atoms with Gasteiger partial charge in [0.1, 0.15) is 5.69 Å². The van der Waals surface area contributed by atoms with Crippen molar-refractivity contribution in [3.8, 4) is 11.6 Å². The number of hydrogen-bond acceptors (Lipinski definition) is 6. The molecule has 3 heterocycles. The van der Waals surface area contributed by atoms with Crippen LogP contribution in [0.5, 0.6) is 0 Å². The average molecular weight is 262 g/mol. The molecule has 0 saturated carbocycles. The van der Waals surface area contributed by atoms with Crippen LogP contribution in [0.15, 0.2) is 22.9 Å². The quantitative estimate of drug-likeness (QED) is 0.896. The number of rotatable bonds is 2. The van der Waals surface area contributed by atoms with Crippen LogP contribution in [0, 0.1) is 0 Å². The van der Waals surface area contributed by atoms with Crippen LogP contribution in [0.2, 0.25) is 0 Å². The van der Waals surface area contributed by atoms with Crippen LogP contribution in [0.4, 0.5) is 5.69 Å². The number of aromatic nitrogens is 3. The zero-order chi connectivity index (χ0) is 12.4. The smallest absolute Gasteiger partial charge is 0.276 e. The van der Waals surface area contributed by atoms with Crippen LogP contribution < -0.4 is 5.73 Å². The van der Waals surface area contributed by atoms with E-state index in [2.05, 4.69) is 15.1 Å². The van der Waals surface area contributed by atoms with Crippen LogP contribution in [0.25, 0.3) is 11.6 Å². The molecule has 5 nitrogen and oxygen atoms in total. The van der Waals surface area contributed by atoms with E-state index in [0.717, 1.165) is 12.2 Å². The maximum absolute atomic E-state index is 5.59. The lowest BCUT2D eigenvalue weighted by Crippen LogP contribution is -2.03. The Balaban J connectivity index is 1.82. The Morgan fingerprint density at radius 1 is 1.33 bits per heavy atom. The second-order valence-electron chi connectivity index (χ2n) is 4.29. The fourth-order valence-electron chi connectivity index (χ4n) is 1.95. The Labute approximate surface area is 109 Å². The first-order valence-electron chi connectivity index (χ1n) is 6.00. The molecule has 1 fully saturated rings.